The second-order valence-corrected chi connectivity index (χ2v) is 6.72. The summed E-state index contributed by atoms with van der Waals surface area (Å²) in [5.41, 5.74) is 2.17. The van der Waals surface area contributed by atoms with E-state index in [0.29, 0.717) is 12.0 Å². The quantitative estimate of drug-likeness (QED) is 0.405. The van der Waals surface area contributed by atoms with Gasteiger partial charge in [0.2, 0.25) is 5.91 Å². The summed E-state index contributed by atoms with van der Waals surface area (Å²) < 4.78 is 5.09. The number of aromatic nitrogens is 1. The van der Waals surface area contributed by atoms with Crippen LogP contribution in [0.2, 0.25) is 0 Å². The van der Waals surface area contributed by atoms with Crippen LogP contribution in [0.4, 0.5) is 4.79 Å². The summed E-state index contributed by atoms with van der Waals surface area (Å²) in [4.78, 5) is 38.6. The fraction of sp³-hybridized carbons (Fsp3) is 0.227. The Hall–Kier alpha value is -3.81. The summed E-state index contributed by atoms with van der Waals surface area (Å²) in [5, 5.41) is 15.4. The molecule has 3 rings (SSSR count). The second kappa shape index (κ2) is 10.1. The van der Waals surface area contributed by atoms with Crippen LogP contribution in [0.5, 0.6) is 0 Å². The minimum atomic E-state index is -1.16. The first-order chi connectivity index (χ1) is 14.5. The molecule has 1 heterocycles. The number of H-pyrrole nitrogens is 1. The second-order valence-electron chi connectivity index (χ2n) is 6.72. The number of benzene rings is 2. The van der Waals surface area contributed by atoms with E-state index in [9.17, 15) is 19.5 Å². The van der Waals surface area contributed by atoms with Gasteiger partial charge in [-0.1, -0.05) is 48.5 Å². The van der Waals surface area contributed by atoms with Crippen molar-refractivity contribution in [2.24, 2.45) is 0 Å². The number of amides is 2. The van der Waals surface area contributed by atoms with Gasteiger partial charge in [-0.05, 0) is 18.1 Å². The summed E-state index contributed by atoms with van der Waals surface area (Å²) in [6, 6.07) is 15.4. The molecule has 0 aliphatic rings. The molecule has 1 aromatic heterocycles. The zero-order valence-corrected chi connectivity index (χ0v) is 16.3. The van der Waals surface area contributed by atoms with Crippen LogP contribution in [0.15, 0.2) is 60.8 Å². The van der Waals surface area contributed by atoms with Gasteiger partial charge in [0, 0.05) is 35.6 Å². The topological polar surface area (TPSA) is 121 Å². The van der Waals surface area contributed by atoms with Crippen LogP contribution in [-0.4, -0.2) is 34.6 Å². The van der Waals surface area contributed by atoms with Gasteiger partial charge in [0.25, 0.3) is 0 Å². The molecule has 1 atom stereocenters. The van der Waals surface area contributed by atoms with Crippen molar-refractivity contribution < 1.29 is 24.2 Å². The molecule has 8 heteroatoms. The van der Waals surface area contributed by atoms with Crippen molar-refractivity contribution in [1.82, 2.24) is 15.6 Å². The molecule has 8 nitrogen and oxygen atoms in total. The Labute approximate surface area is 173 Å². The third-order valence-corrected chi connectivity index (χ3v) is 4.55. The third kappa shape index (κ3) is 5.60. The van der Waals surface area contributed by atoms with Crippen LogP contribution in [0.25, 0.3) is 10.9 Å². The van der Waals surface area contributed by atoms with Crippen LogP contribution in [0.3, 0.4) is 0 Å². The highest BCUT2D eigenvalue weighted by Gasteiger charge is 2.24. The Morgan fingerprint density at radius 1 is 1.03 bits per heavy atom. The standard InChI is InChI=1S/C22H23N3O5/c26-19(11-6-12-23-22(29)30-14-15-7-2-1-3-8-15)25-20(21(27)28)17-13-24-18-10-5-4-9-16(17)18/h1-5,7-10,13,20,24H,6,11-12,14H2,(H,23,29)(H,25,26)(H,27,28). The molecule has 30 heavy (non-hydrogen) atoms. The average molecular weight is 409 g/mol. The van der Waals surface area contributed by atoms with Crippen molar-refractivity contribution in [2.45, 2.75) is 25.5 Å². The number of alkyl carbamates (subject to hydrolysis) is 1. The van der Waals surface area contributed by atoms with Gasteiger partial charge in [-0.2, -0.15) is 0 Å². The van der Waals surface area contributed by atoms with Crippen molar-refractivity contribution >= 4 is 28.9 Å². The van der Waals surface area contributed by atoms with Gasteiger partial charge in [0.15, 0.2) is 6.04 Å². The zero-order valence-electron chi connectivity index (χ0n) is 16.3. The molecule has 0 fully saturated rings. The lowest BCUT2D eigenvalue weighted by molar-refractivity contribution is -0.142. The maximum absolute atomic E-state index is 12.2. The molecule has 0 aliphatic heterocycles. The summed E-state index contributed by atoms with van der Waals surface area (Å²) in [6.45, 7) is 0.407. The number of hydrogen-bond donors (Lipinski definition) is 4. The van der Waals surface area contributed by atoms with Crippen molar-refractivity contribution in [1.29, 1.82) is 0 Å². The summed E-state index contributed by atoms with van der Waals surface area (Å²) in [7, 11) is 0. The largest absolute Gasteiger partial charge is 0.479 e. The minimum absolute atomic E-state index is 0.0745. The van der Waals surface area contributed by atoms with E-state index in [1.807, 2.05) is 48.5 Å². The maximum atomic E-state index is 12.2. The first-order valence-corrected chi connectivity index (χ1v) is 9.57. The molecular weight excluding hydrogens is 386 g/mol. The number of rotatable bonds is 9. The lowest BCUT2D eigenvalue weighted by Gasteiger charge is -2.14. The van der Waals surface area contributed by atoms with E-state index in [1.54, 1.807) is 12.3 Å². The summed E-state index contributed by atoms with van der Waals surface area (Å²) in [6.07, 6.45) is 1.45. The Bertz CT molecular complexity index is 1020. The van der Waals surface area contributed by atoms with E-state index < -0.39 is 24.0 Å². The monoisotopic (exact) mass is 409 g/mol. The molecule has 2 amide bonds. The Kier molecular flexibility index (Phi) is 7.05. The number of carboxylic acids is 1. The summed E-state index contributed by atoms with van der Waals surface area (Å²) >= 11 is 0. The number of aromatic amines is 1. The molecule has 0 radical (unpaired) electrons. The van der Waals surface area contributed by atoms with E-state index in [-0.39, 0.29) is 19.6 Å². The number of carbonyl (C=O) groups is 3. The number of carbonyl (C=O) groups excluding carboxylic acids is 2. The molecular formula is C22H23N3O5. The van der Waals surface area contributed by atoms with Gasteiger partial charge in [-0.25, -0.2) is 9.59 Å². The van der Waals surface area contributed by atoms with E-state index in [2.05, 4.69) is 15.6 Å². The smallest absolute Gasteiger partial charge is 0.407 e. The van der Waals surface area contributed by atoms with Crippen LogP contribution in [0.1, 0.15) is 30.0 Å². The molecule has 0 saturated heterocycles. The zero-order chi connectivity index (χ0) is 21.3. The molecule has 0 spiro atoms. The molecule has 0 saturated carbocycles. The van der Waals surface area contributed by atoms with Crippen molar-refractivity contribution in [3.63, 3.8) is 0 Å². The van der Waals surface area contributed by atoms with Gasteiger partial charge in [-0.15, -0.1) is 0 Å². The molecule has 3 aromatic rings. The Morgan fingerprint density at radius 3 is 2.53 bits per heavy atom. The number of hydrogen-bond acceptors (Lipinski definition) is 4. The third-order valence-electron chi connectivity index (χ3n) is 4.55. The van der Waals surface area contributed by atoms with Crippen LogP contribution in [0, 0.1) is 0 Å². The van der Waals surface area contributed by atoms with Crippen molar-refractivity contribution in [3.8, 4) is 0 Å². The molecule has 2 aromatic carbocycles. The molecule has 156 valence electrons. The van der Waals surface area contributed by atoms with Crippen LogP contribution < -0.4 is 10.6 Å². The van der Waals surface area contributed by atoms with E-state index in [1.165, 1.54) is 0 Å². The van der Waals surface area contributed by atoms with Gasteiger partial charge in [-0.3, -0.25) is 4.79 Å². The Balaban J connectivity index is 1.43. The van der Waals surface area contributed by atoms with Gasteiger partial charge >= 0.3 is 12.1 Å². The van der Waals surface area contributed by atoms with E-state index in [0.717, 1.165) is 16.5 Å². The fourth-order valence-electron chi connectivity index (χ4n) is 3.05. The molecule has 4 N–H and O–H groups in total. The predicted molar refractivity (Wildman–Crippen MR) is 111 cm³/mol. The first-order valence-electron chi connectivity index (χ1n) is 9.57. The highest BCUT2D eigenvalue weighted by atomic mass is 16.5. The normalized spacial score (nSPS) is 11.6. The number of aliphatic carboxylic acids is 1. The van der Waals surface area contributed by atoms with E-state index >= 15 is 0 Å². The number of nitrogens with one attached hydrogen (secondary N) is 3. The lowest BCUT2D eigenvalue weighted by Crippen LogP contribution is -2.34. The van der Waals surface area contributed by atoms with Crippen LogP contribution in [-0.2, 0) is 20.9 Å². The number of fused-ring (bicyclic) bond motifs is 1. The van der Waals surface area contributed by atoms with Crippen LogP contribution >= 0.6 is 0 Å². The SMILES string of the molecule is O=C(CCCNC(=O)OCc1ccccc1)NC(C(=O)O)c1c[nH]c2ccccc12. The van der Waals surface area contributed by atoms with Gasteiger partial charge in [0.05, 0.1) is 0 Å². The Morgan fingerprint density at radius 2 is 1.77 bits per heavy atom. The van der Waals surface area contributed by atoms with Crippen molar-refractivity contribution in [3.05, 3.63) is 71.9 Å². The summed E-state index contributed by atoms with van der Waals surface area (Å²) in [5.74, 6) is -1.55. The van der Waals surface area contributed by atoms with Gasteiger partial charge in [0.1, 0.15) is 6.61 Å². The number of carboxylic acid groups (broad SMARTS) is 1. The molecule has 0 bridgehead atoms. The minimum Gasteiger partial charge on any atom is -0.479 e. The molecule has 0 aliphatic carbocycles. The number of para-hydroxylation sites is 1. The highest BCUT2D eigenvalue weighted by molar-refractivity contribution is 5.91. The highest BCUT2D eigenvalue weighted by Crippen LogP contribution is 2.24. The average Bonchev–Trinajstić information content (AvgIpc) is 3.18. The lowest BCUT2D eigenvalue weighted by atomic mass is 10.1. The number of ether oxygens (including phenoxy) is 1. The fourth-order valence-corrected chi connectivity index (χ4v) is 3.05. The molecule has 1 unspecified atom stereocenters. The van der Waals surface area contributed by atoms with E-state index in [4.69, 9.17) is 4.74 Å². The predicted octanol–water partition coefficient (Wildman–Crippen LogP) is 3.12. The van der Waals surface area contributed by atoms with Crippen molar-refractivity contribution in [2.75, 3.05) is 6.54 Å². The maximum Gasteiger partial charge on any atom is 0.407 e. The van der Waals surface area contributed by atoms with Gasteiger partial charge < -0.3 is 25.5 Å². The first kappa shape index (κ1) is 20.9.